The van der Waals surface area contributed by atoms with E-state index in [4.69, 9.17) is 4.98 Å². The van der Waals surface area contributed by atoms with Gasteiger partial charge < -0.3 is 5.11 Å². The van der Waals surface area contributed by atoms with Crippen molar-refractivity contribution >= 4 is 0 Å². The minimum atomic E-state index is -0.346. The average Bonchev–Trinajstić information content (AvgIpc) is 3.35. The first-order valence-corrected chi connectivity index (χ1v) is 10.2. The highest BCUT2D eigenvalue weighted by Gasteiger charge is 2.51. The smallest absolute Gasteiger partial charge is 0.276 e. The average molecular weight is 401 g/mol. The molecule has 30 heavy (non-hydrogen) atoms. The summed E-state index contributed by atoms with van der Waals surface area (Å²) in [6, 6.07) is 12.2. The Labute approximate surface area is 174 Å². The monoisotopic (exact) mass is 401 g/mol. The van der Waals surface area contributed by atoms with Crippen LogP contribution in [0.1, 0.15) is 38.1 Å². The highest BCUT2D eigenvalue weighted by Crippen LogP contribution is 2.53. The van der Waals surface area contributed by atoms with Gasteiger partial charge in [0, 0.05) is 16.9 Å². The zero-order chi connectivity index (χ0) is 21.0. The summed E-state index contributed by atoms with van der Waals surface area (Å²) >= 11 is 0. The topological polar surface area (TPSA) is 105 Å². The molecule has 1 aromatic carbocycles. The first-order chi connectivity index (χ1) is 14.4. The van der Waals surface area contributed by atoms with Gasteiger partial charge in [0.2, 0.25) is 0 Å². The number of hydrogen-bond donors (Lipinski definition) is 1. The Morgan fingerprint density at radius 3 is 2.70 bits per heavy atom. The summed E-state index contributed by atoms with van der Waals surface area (Å²) in [5, 5.41) is 32.9. The van der Waals surface area contributed by atoms with Gasteiger partial charge in [0.1, 0.15) is 11.6 Å². The van der Waals surface area contributed by atoms with Gasteiger partial charge in [0.25, 0.3) is 5.95 Å². The van der Waals surface area contributed by atoms with Gasteiger partial charge >= 0.3 is 0 Å². The molecule has 0 unspecified atom stereocenters. The Morgan fingerprint density at radius 1 is 1.27 bits per heavy atom. The Bertz CT molecular complexity index is 1200. The fourth-order valence-corrected chi connectivity index (χ4v) is 5.32. The van der Waals surface area contributed by atoms with Gasteiger partial charge in [0.15, 0.2) is 0 Å². The van der Waals surface area contributed by atoms with Crippen LogP contribution in [0.15, 0.2) is 41.7 Å². The molecule has 5 rings (SSSR count). The maximum atomic E-state index is 10.6. The molecular weight excluding hydrogens is 378 g/mol. The van der Waals surface area contributed by atoms with Crippen molar-refractivity contribution in [1.82, 2.24) is 29.8 Å². The fourth-order valence-electron chi connectivity index (χ4n) is 5.32. The number of aliphatic hydroxyl groups is 1. The summed E-state index contributed by atoms with van der Waals surface area (Å²) in [5.41, 5.74) is 3.12. The summed E-state index contributed by atoms with van der Waals surface area (Å²) in [5.74, 6) is 1.65. The van der Waals surface area contributed by atoms with E-state index in [0.29, 0.717) is 17.9 Å². The maximum Gasteiger partial charge on any atom is 0.276 e. The van der Waals surface area contributed by atoms with E-state index >= 15 is 0 Å². The summed E-state index contributed by atoms with van der Waals surface area (Å²) in [6.45, 7) is 4.19. The third-order valence-corrected chi connectivity index (χ3v) is 6.78. The van der Waals surface area contributed by atoms with Crippen LogP contribution in [0, 0.1) is 23.2 Å². The van der Waals surface area contributed by atoms with Crippen LogP contribution < -0.4 is 0 Å². The number of nitrogens with zero attached hydrogens (tertiary/aromatic N) is 7. The van der Waals surface area contributed by atoms with Gasteiger partial charge in [-0.1, -0.05) is 49.3 Å². The summed E-state index contributed by atoms with van der Waals surface area (Å²) in [6.07, 6.45) is 2.18. The number of tetrazole rings is 1. The fraction of sp³-hybridized carbons (Fsp3) is 0.409. The first-order valence-electron chi connectivity index (χ1n) is 10.2. The SMILES string of the molecule is C[C@H]1C(O)=C(C#N)C[C@@]2(C)c3nc(-c4ccccc4)n(-c4nnn(C)n4)c3CC[C@H]12. The second kappa shape index (κ2) is 6.52. The number of rotatable bonds is 2. The molecule has 0 fully saturated rings. The van der Waals surface area contributed by atoms with Gasteiger partial charge in [-0.2, -0.15) is 10.1 Å². The van der Waals surface area contributed by atoms with E-state index in [2.05, 4.69) is 28.4 Å². The molecule has 0 radical (unpaired) electrons. The Morgan fingerprint density at radius 2 is 2.03 bits per heavy atom. The van der Waals surface area contributed by atoms with E-state index in [1.54, 1.807) is 7.05 Å². The summed E-state index contributed by atoms with van der Waals surface area (Å²) < 4.78 is 2.01. The van der Waals surface area contributed by atoms with Crippen molar-refractivity contribution in [3.05, 3.63) is 53.1 Å². The molecule has 0 aliphatic heterocycles. The number of aromatic nitrogens is 6. The normalized spacial score (nSPS) is 25.5. The zero-order valence-electron chi connectivity index (χ0n) is 17.2. The van der Waals surface area contributed by atoms with Crippen LogP contribution >= 0.6 is 0 Å². The van der Waals surface area contributed by atoms with Gasteiger partial charge in [-0.3, -0.25) is 4.57 Å². The van der Waals surface area contributed by atoms with Crippen molar-refractivity contribution in [1.29, 1.82) is 5.26 Å². The van der Waals surface area contributed by atoms with Crippen molar-refractivity contribution in [2.45, 2.75) is 38.5 Å². The quantitative estimate of drug-likeness (QED) is 0.707. The molecular formula is C22H23N7O. The lowest BCUT2D eigenvalue weighted by molar-refractivity contribution is 0.135. The van der Waals surface area contributed by atoms with Crippen molar-refractivity contribution in [3.63, 3.8) is 0 Å². The third-order valence-electron chi connectivity index (χ3n) is 6.78. The Balaban J connectivity index is 1.76. The lowest BCUT2D eigenvalue weighted by Gasteiger charge is -2.46. The summed E-state index contributed by atoms with van der Waals surface area (Å²) in [4.78, 5) is 6.57. The molecule has 0 spiro atoms. The first kappa shape index (κ1) is 18.6. The molecule has 1 N–H and O–H groups in total. The van der Waals surface area contributed by atoms with Gasteiger partial charge in [-0.05, 0) is 30.4 Å². The third kappa shape index (κ3) is 2.51. The number of fused-ring (bicyclic) bond motifs is 3. The number of aliphatic hydroxyl groups excluding tert-OH is 1. The van der Waals surface area contributed by atoms with Gasteiger partial charge in [0.05, 0.1) is 30.1 Å². The molecule has 8 heteroatoms. The van der Waals surface area contributed by atoms with Gasteiger partial charge in [-0.25, -0.2) is 4.98 Å². The van der Waals surface area contributed by atoms with E-state index < -0.39 is 0 Å². The second-order valence-electron chi connectivity index (χ2n) is 8.51. The van der Waals surface area contributed by atoms with Crippen LogP contribution in [0.3, 0.4) is 0 Å². The van der Waals surface area contributed by atoms with Crippen molar-refractivity contribution in [2.75, 3.05) is 0 Å². The van der Waals surface area contributed by atoms with Crippen molar-refractivity contribution in [3.8, 4) is 23.4 Å². The lowest BCUT2D eigenvalue weighted by atomic mass is 9.57. The molecule has 2 aliphatic carbocycles. The highest BCUT2D eigenvalue weighted by atomic mass is 16.3. The molecule has 3 aromatic rings. The molecule has 152 valence electrons. The van der Waals surface area contributed by atoms with Crippen LogP contribution in [-0.4, -0.2) is 34.9 Å². The lowest BCUT2D eigenvalue weighted by Crippen LogP contribution is -2.44. The zero-order valence-corrected chi connectivity index (χ0v) is 17.2. The molecule has 0 saturated heterocycles. The molecule has 2 heterocycles. The molecule has 2 aliphatic rings. The predicted molar refractivity (Wildman–Crippen MR) is 110 cm³/mol. The van der Waals surface area contributed by atoms with E-state index in [-0.39, 0.29) is 23.0 Å². The number of imidazole rings is 1. The van der Waals surface area contributed by atoms with Crippen LogP contribution in [0.5, 0.6) is 0 Å². The highest BCUT2D eigenvalue weighted by molar-refractivity contribution is 5.60. The van der Waals surface area contributed by atoms with Crippen LogP contribution in [0.4, 0.5) is 0 Å². The van der Waals surface area contributed by atoms with E-state index in [1.165, 1.54) is 4.80 Å². The number of aryl methyl sites for hydroxylation is 1. The Kier molecular flexibility index (Phi) is 4.03. The molecule has 3 atom stereocenters. The molecule has 0 saturated carbocycles. The Hall–Kier alpha value is -3.47. The molecule has 0 bridgehead atoms. The van der Waals surface area contributed by atoms with Crippen molar-refractivity contribution < 1.29 is 5.11 Å². The molecule has 2 aromatic heterocycles. The second-order valence-corrected chi connectivity index (χ2v) is 8.51. The maximum absolute atomic E-state index is 10.6. The van der Waals surface area contributed by atoms with Crippen LogP contribution in [0.2, 0.25) is 0 Å². The molecule has 8 nitrogen and oxygen atoms in total. The van der Waals surface area contributed by atoms with Crippen LogP contribution in [-0.2, 0) is 18.9 Å². The number of nitriles is 1. The number of benzene rings is 1. The predicted octanol–water partition coefficient (Wildman–Crippen LogP) is 3.26. The van der Waals surface area contributed by atoms with E-state index in [0.717, 1.165) is 35.6 Å². The number of allylic oxidation sites excluding steroid dienone is 2. The molecule has 0 amide bonds. The van der Waals surface area contributed by atoms with Crippen molar-refractivity contribution in [2.24, 2.45) is 18.9 Å². The van der Waals surface area contributed by atoms with E-state index in [9.17, 15) is 10.4 Å². The number of hydrogen-bond acceptors (Lipinski definition) is 6. The minimum Gasteiger partial charge on any atom is -0.511 e. The van der Waals surface area contributed by atoms with E-state index in [1.807, 2.05) is 41.8 Å². The summed E-state index contributed by atoms with van der Waals surface area (Å²) in [7, 11) is 1.75. The minimum absolute atomic E-state index is 0.0773. The van der Waals surface area contributed by atoms with Crippen LogP contribution in [0.25, 0.3) is 17.3 Å². The standard InChI is InChI=1S/C22H23N7O/c1-13-16-9-10-17-19(22(16,2)11-15(12-23)18(13)30)24-20(14-7-5-4-6-8-14)29(17)21-25-27-28(3)26-21/h4-8,13,16,30H,9-11H2,1-3H3/t13-,16-,22-/m1/s1. The largest absolute Gasteiger partial charge is 0.511 e. The van der Waals surface area contributed by atoms with Gasteiger partial charge in [-0.15, -0.1) is 5.10 Å².